The van der Waals surface area contributed by atoms with Crippen LogP contribution in [0.2, 0.25) is 0 Å². The quantitative estimate of drug-likeness (QED) is 0.161. The number of amides is 3. The Labute approximate surface area is 206 Å². The number of carboxylic acids is 3. The van der Waals surface area contributed by atoms with Crippen LogP contribution in [0.4, 0.5) is 0 Å². The lowest BCUT2D eigenvalue weighted by molar-refractivity contribution is -0.143. The number of hydrogen-bond donors (Lipinski definition) is 7. The van der Waals surface area contributed by atoms with Gasteiger partial charge in [-0.2, -0.15) is 0 Å². The highest BCUT2D eigenvalue weighted by Crippen LogP contribution is 2.08. The third-order valence-electron chi connectivity index (χ3n) is 5.57. The summed E-state index contributed by atoms with van der Waals surface area (Å²) in [7, 11) is 0. The summed E-state index contributed by atoms with van der Waals surface area (Å²) in [6.45, 7) is 0.596. The van der Waals surface area contributed by atoms with Crippen molar-refractivity contribution in [3.8, 4) is 0 Å². The lowest BCUT2D eigenvalue weighted by Crippen LogP contribution is -2.57. The Morgan fingerprint density at radius 2 is 1.50 bits per heavy atom. The summed E-state index contributed by atoms with van der Waals surface area (Å²) in [5.41, 5.74) is 0.626. The van der Waals surface area contributed by atoms with E-state index in [4.69, 9.17) is 5.11 Å². The van der Waals surface area contributed by atoms with Crippen LogP contribution >= 0.6 is 0 Å². The van der Waals surface area contributed by atoms with E-state index in [-0.39, 0.29) is 12.8 Å². The molecule has 4 atom stereocenters. The van der Waals surface area contributed by atoms with Crippen LogP contribution in [0, 0.1) is 0 Å². The molecule has 13 heteroatoms. The van der Waals surface area contributed by atoms with Gasteiger partial charge in [-0.05, 0) is 31.4 Å². The van der Waals surface area contributed by atoms with Crippen LogP contribution in [0.25, 0.3) is 0 Å². The maximum absolute atomic E-state index is 12.9. The third-order valence-corrected chi connectivity index (χ3v) is 5.57. The molecular weight excluding hydrogens is 476 g/mol. The van der Waals surface area contributed by atoms with Crippen LogP contribution in [0.1, 0.15) is 37.7 Å². The van der Waals surface area contributed by atoms with Crippen molar-refractivity contribution in [2.45, 2.75) is 62.7 Å². The molecule has 1 aliphatic heterocycles. The highest BCUT2D eigenvalue weighted by atomic mass is 16.4. The minimum atomic E-state index is -1.53. The average molecular weight is 507 g/mol. The van der Waals surface area contributed by atoms with E-state index in [2.05, 4.69) is 21.3 Å². The number of hydrogen-bond acceptors (Lipinski definition) is 7. The minimum absolute atomic E-state index is 0.0619. The molecule has 0 aromatic heterocycles. The van der Waals surface area contributed by atoms with Gasteiger partial charge in [0.1, 0.15) is 18.1 Å². The van der Waals surface area contributed by atoms with E-state index in [1.807, 2.05) is 0 Å². The Balaban J connectivity index is 2.13. The molecule has 1 heterocycles. The smallest absolute Gasteiger partial charge is 0.326 e. The fraction of sp³-hybridized carbons (Fsp3) is 0.478. The first-order valence-electron chi connectivity index (χ1n) is 11.4. The van der Waals surface area contributed by atoms with Gasteiger partial charge in [0.25, 0.3) is 0 Å². The van der Waals surface area contributed by atoms with Gasteiger partial charge in [-0.1, -0.05) is 30.3 Å². The van der Waals surface area contributed by atoms with Crippen molar-refractivity contribution in [2.75, 3.05) is 6.54 Å². The second kappa shape index (κ2) is 13.8. The SMILES string of the molecule is O=C(O)CCC(NC(=O)C(CC(=O)O)NC(=O)C1CCCN1)C(=O)NC(Cc1ccccc1)C(=O)O. The van der Waals surface area contributed by atoms with E-state index in [0.717, 1.165) is 6.42 Å². The number of carbonyl (C=O) groups is 6. The molecule has 13 nitrogen and oxygen atoms in total. The number of nitrogens with one attached hydrogen (secondary N) is 4. The molecule has 7 N–H and O–H groups in total. The fourth-order valence-electron chi connectivity index (χ4n) is 3.70. The number of rotatable bonds is 14. The van der Waals surface area contributed by atoms with Crippen molar-refractivity contribution in [1.29, 1.82) is 0 Å². The first-order chi connectivity index (χ1) is 17.1. The Morgan fingerprint density at radius 3 is 2.06 bits per heavy atom. The standard InChI is InChI=1S/C23H30N4O9/c28-18(29)9-8-15(21(33)27-17(23(35)36)11-13-5-2-1-3-6-13)25-22(34)16(12-19(30)31)26-20(32)14-7-4-10-24-14/h1-3,5-6,14-17,24H,4,7-12H2,(H,25,34)(H,26,32)(H,27,33)(H,28,29)(H,30,31)(H,35,36). The van der Waals surface area contributed by atoms with Crippen molar-refractivity contribution in [1.82, 2.24) is 21.3 Å². The molecule has 0 saturated carbocycles. The molecule has 2 rings (SSSR count). The minimum Gasteiger partial charge on any atom is -0.481 e. The van der Waals surface area contributed by atoms with Crippen LogP contribution in [-0.4, -0.2) is 81.7 Å². The maximum Gasteiger partial charge on any atom is 0.326 e. The van der Waals surface area contributed by atoms with Gasteiger partial charge in [-0.25, -0.2) is 4.79 Å². The zero-order chi connectivity index (χ0) is 26.7. The molecule has 196 valence electrons. The van der Waals surface area contributed by atoms with Crippen LogP contribution in [-0.2, 0) is 35.2 Å². The molecular formula is C23H30N4O9. The third kappa shape index (κ3) is 9.33. The summed E-state index contributed by atoms with van der Waals surface area (Å²) >= 11 is 0. The molecule has 36 heavy (non-hydrogen) atoms. The van der Waals surface area contributed by atoms with E-state index in [0.29, 0.717) is 18.5 Å². The average Bonchev–Trinajstić information content (AvgIpc) is 3.36. The Kier molecular flexibility index (Phi) is 10.8. The molecule has 1 aromatic rings. The molecule has 0 aliphatic carbocycles. The first-order valence-corrected chi connectivity index (χ1v) is 11.4. The molecule has 0 bridgehead atoms. The van der Waals surface area contributed by atoms with Gasteiger partial charge in [0, 0.05) is 12.8 Å². The zero-order valence-electron chi connectivity index (χ0n) is 19.4. The predicted octanol–water partition coefficient (Wildman–Crippen LogP) is -1.14. The van der Waals surface area contributed by atoms with E-state index >= 15 is 0 Å². The molecule has 1 fully saturated rings. The topological polar surface area (TPSA) is 211 Å². The predicted molar refractivity (Wildman–Crippen MR) is 124 cm³/mol. The van der Waals surface area contributed by atoms with Gasteiger partial charge >= 0.3 is 17.9 Å². The van der Waals surface area contributed by atoms with E-state index in [1.54, 1.807) is 30.3 Å². The molecule has 0 spiro atoms. The van der Waals surface area contributed by atoms with Crippen LogP contribution in [0.3, 0.4) is 0 Å². The van der Waals surface area contributed by atoms with Gasteiger partial charge in [0.15, 0.2) is 0 Å². The summed E-state index contributed by atoms with van der Waals surface area (Å²) in [4.78, 5) is 72.2. The number of benzene rings is 1. The summed E-state index contributed by atoms with van der Waals surface area (Å²) in [5, 5.41) is 37.6. The first kappa shape index (κ1) is 28.2. The Morgan fingerprint density at radius 1 is 0.861 bits per heavy atom. The van der Waals surface area contributed by atoms with Crippen LogP contribution in [0.5, 0.6) is 0 Å². The van der Waals surface area contributed by atoms with Crippen molar-refractivity contribution >= 4 is 35.6 Å². The second-order valence-electron chi connectivity index (χ2n) is 8.39. The normalized spacial score (nSPS) is 17.3. The number of aliphatic carboxylic acids is 3. The number of carbonyl (C=O) groups excluding carboxylic acids is 3. The zero-order valence-corrected chi connectivity index (χ0v) is 19.4. The largest absolute Gasteiger partial charge is 0.481 e. The lowest BCUT2D eigenvalue weighted by Gasteiger charge is -2.24. The van der Waals surface area contributed by atoms with Crippen LogP contribution in [0.15, 0.2) is 30.3 Å². The molecule has 0 radical (unpaired) electrons. The van der Waals surface area contributed by atoms with E-state index in [1.165, 1.54) is 0 Å². The molecule has 4 unspecified atom stereocenters. The molecule has 1 aromatic carbocycles. The van der Waals surface area contributed by atoms with Gasteiger partial charge in [-0.15, -0.1) is 0 Å². The highest BCUT2D eigenvalue weighted by Gasteiger charge is 2.32. The highest BCUT2D eigenvalue weighted by molar-refractivity contribution is 5.95. The van der Waals surface area contributed by atoms with Crippen molar-refractivity contribution in [2.24, 2.45) is 0 Å². The van der Waals surface area contributed by atoms with Crippen molar-refractivity contribution < 1.29 is 44.1 Å². The van der Waals surface area contributed by atoms with Crippen LogP contribution < -0.4 is 21.3 Å². The maximum atomic E-state index is 12.9. The Hall–Kier alpha value is -4.00. The van der Waals surface area contributed by atoms with Gasteiger partial charge in [-0.3, -0.25) is 24.0 Å². The summed E-state index contributed by atoms with van der Waals surface area (Å²) < 4.78 is 0. The van der Waals surface area contributed by atoms with E-state index in [9.17, 15) is 39.0 Å². The van der Waals surface area contributed by atoms with Crippen molar-refractivity contribution in [3.05, 3.63) is 35.9 Å². The molecule has 3 amide bonds. The summed E-state index contributed by atoms with van der Waals surface area (Å²) in [6, 6.07) is 3.51. The van der Waals surface area contributed by atoms with Crippen molar-refractivity contribution in [3.63, 3.8) is 0 Å². The van der Waals surface area contributed by atoms with Gasteiger partial charge in [0.05, 0.1) is 12.5 Å². The lowest BCUT2D eigenvalue weighted by atomic mass is 10.0. The number of carboxylic acid groups (broad SMARTS) is 3. The fourth-order valence-corrected chi connectivity index (χ4v) is 3.70. The summed E-state index contributed by atoms with van der Waals surface area (Å²) in [6.07, 6.45) is -0.510. The van der Waals surface area contributed by atoms with Gasteiger partial charge < -0.3 is 36.6 Å². The Bertz CT molecular complexity index is 964. The van der Waals surface area contributed by atoms with Gasteiger partial charge in [0.2, 0.25) is 17.7 Å². The molecule has 1 saturated heterocycles. The second-order valence-corrected chi connectivity index (χ2v) is 8.39. The monoisotopic (exact) mass is 506 g/mol. The van der Waals surface area contributed by atoms with E-state index < -0.39 is 72.6 Å². The summed E-state index contributed by atoms with van der Waals surface area (Å²) in [5.74, 6) is -6.51. The molecule has 1 aliphatic rings.